The highest BCUT2D eigenvalue weighted by Crippen LogP contribution is 2.40. The maximum absolute atomic E-state index is 6.65. The zero-order chi connectivity index (χ0) is 34.6. The summed E-state index contributed by atoms with van der Waals surface area (Å²) in [4.78, 5) is 0. The summed E-state index contributed by atoms with van der Waals surface area (Å²) in [6.45, 7) is 2.16. The van der Waals surface area contributed by atoms with Crippen molar-refractivity contribution in [3.8, 4) is 39.1 Å². The molecule has 0 atom stereocenters. The van der Waals surface area contributed by atoms with Crippen molar-refractivity contribution < 1.29 is 4.42 Å². The van der Waals surface area contributed by atoms with Crippen LogP contribution in [0.5, 0.6) is 0 Å². The molecule has 0 amide bonds. The van der Waals surface area contributed by atoms with Gasteiger partial charge in [0, 0.05) is 49.7 Å². The first-order valence-electron chi connectivity index (χ1n) is 17.8. The van der Waals surface area contributed by atoms with Gasteiger partial charge in [0.15, 0.2) is 0 Å². The van der Waals surface area contributed by atoms with Crippen LogP contribution in [0.3, 0.4) is 0 Å². The van der Waals surface area contributed by atoms with Crippen molar-refractivity contribution in [3.05, 3.63) is 188 Å². The van der Waals surface area contributed by atoms with E-state index in [9.17, 15) is 0 Å². The van der Waals surface area contributed by atoms with Gasteiger partial charge in [-0.25, -0.2) is 0 Å². The lowest BCUT2D eigenvalue weighted by molar-refractivity contribution is 0.670. The molecule has 0 saturated heterocycles. The Morgan fingerprint density at radius 3 is 1.90 bits per heavy atom. The molecule has 0 radical (unpaired) electrons. The van der Waals surface area contributed by atoms with E-state index in [0.29, 0.717) is 0 Å². The molecule has 0 aliphatic heterocycles. The molecular weight excluding hydrogens is 633 g/mol. The molecule has 0 unspecified atom stereocenters. The predicted octanol–water partition coefficient (Wildman–Crippen LogP) is 13.7. The van der Waals surface area contributed by atoms with E-state index < -0.39 is 0 Å². The van der Waals surface area contributed by atoms with Crippen molar-refractivity contribution >= 4 is 55.1 Å². The second-order valence-corrected chi connectivity index (χ2v) is 13.5. The molecule has 0 aliphatic carbocycles. The number of nitrogens with one attached hydrogen (secondary N) is 1. The third kappa shape index (κ3) is 4.98. The van der Waals surface area contributed by atoms with Crippen molar-refractivity contribution in [2.75, 3.05) is 5.32 Å². The Morgan fingerprint density at radius 2 is 1.08 bits per heavy atom. The number of furan rings is 1. The van der Waals surface area contributed by atoms with Crippen molar-refractivity contribution in [1.29, 1.82) is 0 Å². The van der Waals surface area contributed by atoms with E-state index >= 15 is 0 Å². The molecule has 2 aromatic heterocycles. The molecular formula is C49H34N2O. The van der Waals surface area contributed by atoms with Gasteiger partial charge in [-0.05, 0) is 89.3 Å². The fourth-order valence-corrected chi connectivity index (χ4v) is 7.85. The number of rotatable bonds is 6. The summed E-state index contributed by atoms with van der Waals surface area (Å²) in [5.74, 6) is 0. The van der Waals surface area contributed by atoms with E-state index in [1.54, 1.807) is 0 Å². The lowest BCUT2D eigenvalue weighted by Gasteiger charge is -2.15. The van der Waals surface area contributed by atoms with Gasteiger partial charge >= 0.3 is 0 Å². The summed E-state index contributed by atoms with van der Waals surface area (Å²) in [6.07, 6.45) is 0. The molecule has 0 fully saturated rings. The van der Waals surface area contributed by atoms with Gasteiger partial charge in [0.2, 0.25) is 0 Å². The van der Waals surface area contributed by atoms with Gasteiger partial charge in [-0.2, -0.15) is 0 Å². The molecule has 3 heteroatoms. The monoisotopic (exact) mass is 666 g/mol. The lowest BCUT2D eigenvalue weighted by Crippen LogP contribution is -1.94. The molecule has 2 heterocycles. The molecule has 1 N–H and O–H groups in total. The minimum Gasteiger partial charge on any atom is -0.455 e. The van der Waals surface area contributed by atoms with E-state index in [1.165, 1.54) is 38.5 Å². The molecule has 10 rings (SSSR count). The van der Waals surface area contributed by atoms with E-state index in [4.69, 9.17) is 4.42 Å². The van der Waals surface area contributed by atoms with E-state index in [-0.39, 0.29) is 0 Å². The summed E-state index contributed by atoms with van der Waals surface area (Å²) in [5.41, 5.74) is 15.6. The molecule has 246 valence electrons. The van der Waals surface area contributed by atoms with Gasteiger partial charge in [-0.3, -0.25) is 0 Å². The maximum atomic E-state index is 6.65. The molecule has 0 saturated carbocycles. The van der Waals surface area contributed by atoms with Crippen LogP contribution in [0.15, 0.2) is 186 Å². The molecule has 8 aromatic carbocycles. The number of fused-ring (bicyclic) bond motifs is 6. The van der Waals surface area contributed by atoms with Crippen molar-refractivity contribution in [2.45, 2.75) is 6.92 Å². The van der Waals surface area contributed by atoms with E-state index in [2.05, 4.69) is 199 Å². The number of aromatic nitrogens is 1. The second-order valence-electron chi connectivity index (χ2n) is 13.5. The summed E-state index contributed by atoms with van der Waals surface area (Å²) >= 11 is 0. The predicted molar refractivity (Wildman–Crippen MR) is 219 cm³/mol. The summed E-state index contributed by atoms with van der Waals surface area (Å²) in [5, 5.41) is 8.44. The largest absolute Gasteiger partial charge is 0.455 e. The van der Waals surface area contributed by atoms with Crippen LogP contribution in [0.4, 0.5) is 11.4 Å². The number of hydrogen-bond acceptors (Lipinski definition) is 2. The van der Waals surface area contributed by atoms with Gasteiger partial charge in [-0.1, -0.05) is 127 Å². The average Bonchev–Trinajstić information content (AvgIpc) is 3.74. The fraction of sp³-hybridized carbons (Fsp3) is 0.0204. The molecule has 3 nitrogen and oxygen atoms in total. The number of anilines is 2. The number of hydrogen-bond donors (Lipinski definition) is 1. The zero-order valence-electron chi connectivity index (χ0n) is 28.7. The molecule has 10 aromatic rings. The van der Waals surface area contributed by atoms with Crippen LogP contribution in [0.25, 0.3) is 82.8 Å². The van der Waals surface area contributed by atoms with Gasteiger partial charge in [0.05, 0.1) is 11.0 Å². The Hall–Kier alpha value is -6.84. The standard InChI is InChI=1S/C49H34N2O/c1-32-13-2-3-18-38(32)40-19-4-7-24-45(40)50-36-16-10-14-33(29-36)34-27-28-48-44(31-34)43-23-12-22-39(49(43)52-48)35-15-11-17-37(30-35)51-46-25-8-5-20-41(46)42-21-6-9-26-47(42)51/h2-31,50H,1H3. The van der Waals surface area contributed by atoms with E-state index in [1.807, 2.05) is 0 Å². The van der Waals surface area contributed by atoms with Crippen LogP contribution < -0.4 is 5.32 Å². The zero-order valence-corrected chi connectivity index (χ0v) is 28.7. The first-order valence-corrected chi connectivity index (χ1v) is 17.8. The molecule has 0 spiro atoms. The lowest BCUT2D eigenvalue weighted by atomic mass is 9.98. The summed E-state index contributed by atoms with van der Waals surface area (Å²) < 4.78 is 9.01. The van der Waals surface area contributed by atoms with Crippen LogP contribution in [0.2, 0.25) is 0 Å². The van der Waals surface area contributed by atoms with Crippen molar-refractivity contribution in [3.63, 3.8) is 0 Å². The highest BCUT2D eigenvalue weighted by molar-refractivity contribution is 6.11. The first kappa shape index (κ1) is 30.0. The third-order valence-corrected chi connectivity index (χ3v) is 10.3. The van der Waals surface area contributed by atoms with E-state index in [0.717, 1.165) is 61.3 Å². The Balaban J connectivity index is 1.03. The number of aryl methyl sites for hydroxylation is 1. The smallest absolute Gasteiger partial charge is 0.143 e. The van der Waals surface area contributed by atoms with Gasteiger partial charge < -0.3 is 14.3 Å². The minimum atomic E-state index is 0.881. The second kappa shape index (κ2) is 12.2. The third-order valence-electron chi connectivity index (χ3n) is 10.3. The van der Waals surface area contributed by atoms with Gasteiger partial charge in [-0.15, -0.1) is 0 Å². The van der Waals surface area contributed by atoms with Crippen molar-refractivity contribution in [1.82, 2.24) is 4.57 Å². The Labute approximate surface area is 302 Å². The van der Waals surface area contributed by atoms with Crippen LogP contribution in [-0.2, 0) is 0 Å². The first-order chi connectivity index (χ1) is 25.7. The fourth-order valence-electron chi connectivity index (χ4n) is 7.85. The minimum absolute atomic E-state index is 0.881. The average molecular weight is 667 g/mol. The molecule has 52 heavy (non-hydrogen) atoms. The molecule has 0 aliphatic rings. The Kier molecular flexibility index (Phi) is 7.04. The van der Waals surface area contributed by atoms with Gasteiger partial charge in [0.1, 0.15) is 11.2 Å². The van der Waals surface area contributed by atoms with Crippen LogP contribution in [-0.4, -0.2) is 4.57 Å². The number of para-hydroxylation sites is 4. The molecule has 0 bridgehead atoms. The van der Waals surface area contributed by atoms with Crippen LogP contribution in [0, 0.1) is 6.92 Å². The normalized spacial score (nSPS) is 11.6. The highest BCUT2D eigenvalue weighted by atomic mass is 16.3. The highest BCUT2D eigenvalue weighted by Gasteiger charge is 2.16. The number of benzene rings is 8. The quantitative estimate of drug-likeness (QED) is 0.191. The topological polar surface area (TPSA) is 30.1 Å². The summed E-state index contributed by atoms with van der Waals surface area (Å²) in [7, 11) is 0. The maximum Gasteiger partial charge on any atom is 0.143 e. The van der Waals surface area contributed by atoms with Crippen LogP contribution in [0.1, 0.15) is 5.56 Å². The Bertz CT molecular complexity index is 2910. The summed E-state index contributed by atoms with van der Waals surface area (Å²) in [6, 6.07) is 64.8. The Morgan fingerprint density at radius 1 is 0.442 bits per heavy atom. The van der Waals surface area contributed by atoms with Crippen molar-refractivity contribution in [2.24, 2.45) is 0 Å². The van der Waals surface area contributed by atoms with Crippen LogP contribution >= 0.6 is 0 Å². The van der Waals surface area contributed by atoms with Gasteiger partial charge in [0.25, 0.3) is 0 Å². The SMILES string of the molecule is Cc1ccccc1-c1ccccc1Nc1cccc(-c2ccc3oc4c(-c5cccc(-n6c7ccccc7c7ccccc76)c5)cccc4c3c2)c1. The number of nitrogens with zero attached hydrogens (tertiary/aromatic N) is 1.